The second kappa shape index (κ2) is 6.61. The number of hydrogen-bond acceptors (Lipinski definition) is 2. The van der Waals surface area contributed by atoms with E-state index >= 15 is 0 Å². The van der Waals surface area contributed by atoms with Crippen LogP contribution in [-0.4, -0.2) is 29.2 Å². The molecule has 0 heterocycles. The molecule has 0 aromatic heterocycles. The molecule has 5 heteroatoms. The number of amides is 2. The molecule has 0 aromatic carbocycles. The van der Waals surface area contributed by atoms with Gasteiger partial charge in [-0.1, -0.05) is 19.8 Å². The fourth-order valence-electron chi connectivity index (χ4n) is 2.44. The molecular weight excluding hydrogens is 232 g/mol. The molecule has 2 amide bonds. The lowest BCUT2D eigenvalue weighted by molar-refractivity contribution is -0.137. The first-order valence-corrected chi connectivity index (χ1v) is 6.72. The SMILES string of the molecule is CC1CCCCC1(C)NC(=O)NCCCC(=O)O. The number of nitrogens with one attached hydrogen (secondary N) is 2. The summed E-state index contributed by atoms with van der Waals surface area (Å²) in [5.74, 6) is -0.346. The minimum absolute atomic E-state index is 0.0912. The summed E-state index contributed by atoms with van der Waals surface area (Å²) in [6.45, 7) is 4.67. The first-order chi connectivity index (χ1) is 8.44. The van der Waals surface area contributed by atoms with Crippen molar-refractivity contribution in [2.24, 2.45) is 5.92 Å². The highest BCUT2D eigenvalue weighted by Crippen LogP contribution is 2.32. The Morgan fingerprint density at radius 2 is 2.11 bits per heavy atom. The molecule has 1 fully saturated rings. The van der Waals surface area contributed by atoms with E-state index in [1.54, 1.807) is 0 Å². The fourth-order valence-corrected chi connectivity index (χ4v) is 2.44. The van der Waals surface area contributed by atoms with Gasteiger partial charge in [0.1, 0.15) is 0 Å². The van der Waals surface area contributed by atoms with Crippen LogP contribution in [-0.2, 0) is 4.79 Å². The van der Waals surface area contributed by atoms with Crippen molar-refractivity contribution in [3.05, 3.63) is 0 Å². The van der Waals surface area contributed by atoms with Crippen molar-refractivity contribution in [3.63, 3.8) is 0 Å². The quantitative estimate of drug-likeness (QED) is 0.659. The average molecular weight is 256 g/mol. The molecular formula is C13H24N2O3. The molecule has 2 unspecified atom stereocenters. The van der Waals surface area contributed by atoms with E-state index in [0.717, 1.165) is 19.3 Å². The van der Waals surface area contributed by atoms with E-state index in [2.05, 4.69) is 24.5 Å². The number of urea groups is 1. The lowest BCUT2D eigenvalue weighted by Crippen LogP contribution is -2.55. The number of aliphatic carboxylic acids is 1. The molecule has 0 spiro atoms. The van der Waals surface area contributed by atoms with Gasteiger partial charge in [-0.3, -0.25) is 4.79 Å². The van der Waals surface area contributed by atoms with Crippen LogP contribution in [0.15, 0.2) is 0 Å². The van der Waals surface area contributed by atoms with E-state index in [9.17, 15) is 9.59 Å². The summed E-state index contributed by atoms with van der Waals surface area (Å²) in [7, 11) is 0. The van der Waals surface area contributed by atoms with Gasteiger partial charge in [-0.2, -0.15) is 0 Å². The summed E-state index contributed by atoms with van der Waals surface area (Å²) in [6, 6.07) is -0.184. The molecule has 104 valence electrons. The molecule has 0 aromatic rings. The van der Waals surface area contributed by atoms with Gasteiger partial charge in [0, 0.05) is 18.5 Å². The molecule has 1 aliphatic rings. The van der Waals surface area contributed by atoms with Crippen molar-refractivity contribution in [3.8, 4) is 0 Å². The Bertz CT molecular complexity index is 307. The van der Waals surface area contributed by atoms with Crippen molar-refractivity contribution < 1.29 is 14.7 Å². The monoisotopic (exact) mass is 256 g/mol. The summed E-state index contributed by atoms with van der Waals surface area (Å²) < 4.78 is 0. The highest BCUT2D eigenvalue weighted by atomic mass is 16.4. The first-order valence-electron chi connectivity index (χ1n) is 6.72. The highest BCUT2D eigenvalue weighted by molar-refractivity contribution is 5.74. The Kier molecular flexibility index (Phi) is 5.44. The fraction of sp³-hybridized carbons (Fsp3) is 0.846. The number of rotatable bonds is 5. The van der Waals surface area contributed by atoms with Crippen LogP contribution < -0.4 is 10.6 Å². The first kappa shape index (κ1) is 14.8. The maximum Gasteiger partial charge on any atom is 0.315 e. The minimum Gasteiger partial charge on any atom is -0.481 e. The zero-order chi connectivity index (χ0) is 13.6. The zero-order valence-electron chi connectivity index (χ0n) is 11.3. The van der Waals surface area contributed by atoms with Gasteiger partial charge in [0.25, 0.3) is 0 Å². The third-order valence-corrected chi connectivity index (χ3v) is 3.92. The van der Waals surface area contributed by atoms with Gasteiger partial charge in [-0.15, -0.1) is 0 Å². The van der Waals surface area contributed by atoms with Gasteiger partial charge in [0.05, 0.1) is 0 Å². The van der Waals surface area contributed by atoms with Crippen molar-refractivity contribution in [2.45, 2.75) is 57.9 Å². The van der Waals surface area contributed by atoms with Crippen molar-refractivity contribution >= 4 is 12.0 Å². The topological polar surface area (TPSA) is 78.4 Å². The van der Waals surface area contributed by atoms with E-state index < -0.39 is 5.97 Å². The standard InChI is InChI=1S/C13H24N2O3/c1-10-6-3-4-8-13(10,2)15-12(18)14-9-5-7-11(16)17/h10H,3-9H2,1-2H3,(H,16,17)(H2,14,15,18). The van der Waals surface area contributed by atoms with Crippen LogP contribution in [0.25, 0.3) is 0 Å². The molecule has 0 radical (unpaired) electrons. The summed E-state index contributed by atoms with van der Waals surface area (Å²) in [4.78, 5) is 22.1. The third-order valence-electron chi connectivity index (χ3n) is 3.92. The Labute approximate surface area is 108 Å². The van der Waals surface area contributed by atoms with Crippen LogP contribution in [0.2, 0.25) is 0 Å². The smallest absolute Gasteiger partial charge is 0.315 e. The Morgan fingerprint density at radius 1 is 1.39 bits per heavy atom. The van der Waals surface area contributed by atoms with Crippen LogP contribution in [0.3, 0.4) is 0 Å². The Hall–Kier alpha value is -1.26. The highest BCUT2D eigenvalue weighted by Gasteiger charge is 2.34. The van der Waals surface area contributed by atoms with Gasteiger partial charge in [0.2, 0.25) is 0 Å². The number of carbonyl (C=O) groups excluding carboxylic acids is 1. The largest absolute Gasteiger partial charge is 0.481 e. The summed E-state index contributed by atoms with van der Waals surface area (Å²) >= 11 is 0. The van der Waals surface area contributed by atoms with Crippen LogP contribution >= 0.6 is 0 Å². The van der Waals surface area contributed by atoms with E-state index in [1.165, 1.54) is 6.42 Å². The average Bonchev–Trinajstić information content (AvgIpc) is 2.28. The minimum atomic E-state index is -0.829. The number of carboxylic acid groups (broad SMARTS) is 1. The van der Waals surface area contributed by atoms with E-state index in [4.69, 9.17) is 5.11 Å². The van der Waals surface area contributed by atoms with Crippen molar-refractivity contribution in [1.29, 1.82) is 0 Å². The van der Waals surface area contributed by atoms with Gasteiger partial charge in [0.15, 0.2) is 0 Å². The second-order valence-electron chi connectivity index (χ2n) is 5.44. The van der Waals surface area contributed by atoms with Crippen LogP contribution in [0, 0.1) is 5.92 Å². The number of carboxylic acids is 1. The molecule has 0 saturated heterocycles. The summed E-state index contributed by atoms with van der Waals surface area (Å²) in [6.07, 6.45) is 5.11. The van der Waals surface area contributed by atoms with Gasteiger partial charge in [-0.05, 0) is 32.1 Å². The van der Waals surface area contributed by atoms with Gasteiger partial charge >= 0.3 is 12.0 Å². The normalized spacial score (nSPS) is 27.6. The van der Waals surface area contributed by atoms with Crippen molar-refractivity contribution in [1.82, 2.24) is 10.6 Å². The van der Waals surface area contributed by atoms with Crippen LogP contribution in [0.1, 0.15) is 52.4 Å². The maximum absolute atomic E-state index is 11.7. The zero-order valence-corrected chi connectivity index (χ0v) is 11.3. The molecule has 2 atom stereocenters. The van der Waals surface area contributed by atoms with E-state index in [-0.39, 0.29) is 18.0 Å². The summed E-state index contributed by atoms with van der Waals surface area (Å²) in [5, 5.41) is 14.2. The molecule has 0 aliphatic heterocycles. The van der Waals surface area contributed by atoms with E-state index in [0.29, 0.717) is 18.9 Å². The Morgan fingerprint density at radius 3 is 2.72 bits per heavy atom. The summed E-state index contributed by atoms with van der Waals surface area (Å²) in [5.41, 5.74) is -0.130. The number of hydrogen-bond donors (Lipinski definition) is 3. The van der Waals surface area contributed by atoms with Crippen LogP contribution in [0.4, 0.5) is 4.79 Å². The van der Waals surface area contributed by atoms with Crippen LogP contribution in [0.5, 0.6) is 0 Å². The predicted octanol–water partition coefficient (Wildman–Crippen LogP) is 2.12. The Balaban J connectivity index is 2.28. The van der Waals surface area contributed by atoms with Gasteiger partial charge in [-0.25, -0.2) is 4.79 Å². The molecule has 1 aliphatic carbocycles. The van der Waals surface area contributed by atoms with Gasteiger partial charge < -0.3 is 15.7 Å². The molecule has 1 rings (SSSR count). The van der Waals surface area contributed by atoms with Crippen molar-refractivity contribution in [2.75, 3.05) is 6.54 Å². The lowest BCUT2D eigenvalue weighted by Gasteiger charge is -2.40. The second-order valence-corrected chi connectivity index (χ2v) is 5.44. The lowest BCUT2D eigenvalue weighted by atomic mass is 9.75. The molecule has 5 nitrogen and oxygen atoms in total. The molecule has 18 heavy (non-hydrogen) atoms. The predicted molar refractivity (Wildman–Crippen MR) is 69.4 cm³/mol. The molecule has 3 N–H and O–H groups in total. The maximum atomic E-state index is 11.7. The van der Waals surface area contributed by atoms with E-state index in [1.807, 2.05) is 0 Å². The molecule has 0 bridgehead atoms. The number of carbonyl (C=O) groups is 2. The third kappa shape index (κ3) is 4.55. The molecule has 1 saturated carbocycles.